The molecule has 1 saturated heterocycles. The molecule has 0 bridgehead atoms. The van der Waals surface area contributed by atoms with E-state index in [1.165, 1.54) is 6.20 Å². The Morgan fingerprint density at radius 3 is 2.56 bits per heavy atom. The summed E-state index contributed by atoms with van der Waals surface area (Å²) in [5.41, 5.74) is 0.527. The fourth-order valence-electron chi connectivity index (χ4n) is 5.08. The molecule has 216 valence electrons. The summed E-state index contributed by atoms with van der Waals surface area (Å²) in [5.74, 6) is -1.75. The first-order valence-electron chi connectivity index (χ1n) is 13.2. The molecule has 2 fully saturated rings. The molecule has 2 aliphatic rings. The fourth-order valence-corrected chi connectivity index (χ4v) is 7.01. The number of alkyl halides is 1. The normalized spacial score (nSPS) is 20.5. The van der Waals surface area contributed by atoms with Crippen LogP contribution in [0.1, 0.15) is 24.3 Å². The van der Waals surface area contributed by atoms with Crippen LogP contribution in [0.3, 0.4) is 0 Å². The number of anilines is 1. The molecule has 1 saturated carbocycles. The zero-order chi connectivity index (χ0) is 28.5. The molecule has 41 heavy (non-hydrogen) atoms. The highest BCUT2D eigenvalue weighted by Gasteiger charge is 2.32. The Hall–Kier alpha value is -3.17. The van der Waals surface area contributed by atoms with Crippen molar-refractivity contribution >= 4 is 38.8 Å². The third-order valence-corrected chi connectivity index (χ3v) is 9.37. The Bertz CT molecular complexity index is 1540. The first kappa shape index (κ1) is 28.0. The SMILES string of the molecule is O=c1c(OC2CCC(F)C2)c(N2CCN([S+]([O-])NCc3nc4ccccc4s3)CC2)cnn1-c1cc(F)cc(F)c1. The van der Waals surface area contributed by atoms with Crippen molar-refractivity contribution in [2.45, 2.75) is 38.1 Å². The highest BCUT2D eigenvalue weighted by atomic mass is 32.2. The van der Waals surface area contributed by atoms with Crippen molar-refractivity contribution in [1.82, 2.24) is 23.8 Å². The van der Waals surface area contributed by atoms with E-state index in [0.29, 0.717) is 57.3 Å². The van der Waals surface area contributed by atoms with Gasteiger partial charge in [0.1, 0.15) is 46.2 Å². The molecule has 4 aromatic rings. The van der Waals surface area contributed by atoms with Gasteiger partial charge in [-0.2, -0.15) is 9.78 Å². The Balaban J connectivity index is 1.17. The lowest BCUT2D eigenvalue weighted by atomic mass is 10.2. The van der Waals surface area contributed by atoms with Crippen molar-refractivity contribution in [1.29, 1.82) is 0 Å². The number of rotatable bonds is 8. The van der Waals surface area contributed by atoms with Crippen molar-refractivity contribution < 1.29 is 22.5 Å². The number of aromatic nitrogens is 3. The van der Waals surface area contributed by atoms with E-state index in [1.807, 2.05) is 29.2 Å². The zero-order valence-corrected chi connectivity index (χ0v) is 23.5. The van der Waals surface area contributed by atoms with Crippen LogP contribution in [0.25, 0.3) is 15.9 Å². The molecule has 3 atom stereocenters. The highest BCUT2D eigenvalue weighted by molar-refractivity contribution is 7.87. The van der Waals surface area contributed by atoms with E-state index in [0.717, 1.165) is 32.0 Å². The number of piperazine rings is 1. The average Bonchev–Trinajstić information content (AvgIpc) is 3.57. The van der Waals surface area contributed by atoms with E-state index in [1.54, 1.807) is 15.6 Å². The van der Waals surface area contributed by atoms with Gasteiger partial charge in [-0.3, -0.25) is 4.79 Å². The van der Waals surface area contributed by atoms with Gasteiger partial charge in [0.2, 0.25) is 5.75 Å². The molecule has 1 N–H and O–H groups in total. The Morgan fingerprint density at radius 2 is 1.85 bits per heavy atom. The van der Waals surface area contributed by atoms with Gasteiger partial charge in [-0.25, -0.2) is 18.2 Å². The summed E-state index contributed by atoms with van der Waals surface area (Å²) in [6, 6.07) is 10.5. The van der Waals surface area contributed by atoms with Gasteiger partial charge in [0.25, 0.3) is 0 Å². The van der Waals surface area contributed by atoms with Crippen molar-refractivity contribution in [2.75, 3.05) is 31.1 Å². The van der Waals surface area contributed by atoms with E-state index in [-0.39, 0.29) is 17.9 Å². The number of thiazole rings is 1. The molecule has 1 aliphatic heterocycles. The van der Waals surface area contributed by atoms with Crippen molar-refractivity contribution in [3.8, 4) is 11.4 Å². The van der Waals surface area contributed by atoms with Crippen LogP contribution in [0.15, 0.2) is 53.5 Å². The number of fused-ring (bicyclic) bond motifs is 1. The van der Waals surface area contributed by atoms with Gasteiger partial charge < -0.3 is 14.2 Å². The number of ether oxygens (including phenoxy) is 1. The molecule has 0 spiro atoms. The maximum Gasteiger partial charge on any atom is 0.316 e. The van der Waals surface area contributed by atoms with Gasteiger partial charge in [0.05, 0.1) is 41.7 Å². The number of nitrogens with zero attached hydrogens (tertiary/aromatic N) is 5. The molecule has 3 unspecified atom stereocenters. The second kappa shape index (κ2) is 12.0. The summed E-state index contributed by atoms with van der Waals surface area (Å²) in [4.78, 5) is 20.0. The molecule has 2 aromatic heterocycles. The van der Waals surface area contributed by atoms with E-state index in [2.05, 4.69) is 14.8 Å². The Morgan fingerprint density at radius 1 is 1.10 bits per heavy atom. The molecule has 1 aliphatic carbocycles. The molecular weight excluding hydrogens is 577 g/mol. The Labute approximate surface area is 241 Å². The second-order valence-electron chi connectivity index (χ2n) is 9.92. The summed E-state index contributed by atoms with van der Waals surface area (Å²) in [6.45, 7) is 2.05. The van der Waals surface area contributed by atoms with E-state index in [9.17, 15) is 22.5 Å². The fraction of sp³-hybridized carbons (Fsp3) is 0.370. The van der Waals surface area contributed by atoms with Gasteiger partial charge in [0.15, 0.2) is 0 Å². The zero-order valence-electron chi connectivity index (χ0n) is 21.8. The van der Waals surface area contributed by atoms with Crippen molar-refractivity contribution in [3.05, 3.63) is 75.7 Å². The molecular formula is C27H27F3N6O3S2. The molecule has 0 radical (unpaired) electrons. The minimum atomic E-state index is -1.45. The first-order valence-corrected chi connectivity index (χ1v) is 15.2. The minimum Gasteiger partial charge on any atom is -0.579 e. The lowest BCUT2D eigenvalue weighted by molar-refractivity contribution is 0.193. The smallest absolute Gasteiger partial charge is 0.316 e. The van der Waals surface area contributed by atoms with Crippen LogP contribution >= 0.6 is 11.3 Å². The first-order chi connectivity index (χ1) is 19.8. The van der Waals surface area contributed by atoms with Gasteiger partial charge in [-0.05, 0) is 37.1 Å². The topological polar surface area (TPSA) is 98.6 Å². The van der Waals surface area contributed by atoms with Crippen molar-refractivity contribution in [2.24, 2.45) is 0 Å². The monoisotopic (exact) mass is 604 g/mol. The Kier molecular flexibility index (Phi) is 8.17. The highest BCUT2D eigenvalue weighted by Crippen LogP contribution is 2.31. The quantitative estimate of drug-likeness (QED) is 0.303. The van der Waals surface area contributed by atoms with E-state index < -0.39 is 41.0 Å². The number of halogens is 3. The van der Waals surface area contributed by atoms with Gasteiger partial charge >= 0.3 is 5.56 Å². The van der Waals surface area contributed by atoms with Crippen LogP contribution in [0.4, 0.5) is 18.9 Å². The largest absolute Gasteiger partial charge is 0.579 e. The lowest BCUT2D eigenvalue weighted by Crippen LogP contribution is -2.52. The summed E-state index contributed by atoms with van der Waals surface area (Å²) < 4.78 is 67.4. The molecule has 6 rings (SSSR count). The predicted molar refractivity (Wildman–Crippen MR) is 151 cm³/mol. The maximum atomic E-state index is 13.9. The van der Waals surface area contributed by atoms with E-state index in [4.69, 9.17) is 4.74 Å². The van der Waals surface area contributed by atoms with Crippen LogP contribution in [0.2, 0.25) is 0 Å². The number of hydrogen-bond donors (Lipinski definition) is 1. The lowest BCUT2D eigenvalue weighted by Gasteiger charge is -2.35. The molecule has 3 heterocycles. The summed E-state index contributed by atoms with van der Waals surface area (Å²) >= 11 is 0.0955. The minimum absolute atomic E-state index is 0.0488. The summed E-state index contributed by atoms with van der Waals surface area (Å²) in [6.07, 6.45) is 0.838. The third kappa shape index (κ3) is 6.21. The van der Waals surface area contributed by atoms with Crippen LogP contribution < -0.4 is 19.9 Å². The number of nitrogens with one attached hydrogen (secondary N) is 1. The van der Waals surface area contributed by atoms with Gasteiger partial charge in [-0.15, -0.1) is 20.4 Å². The predicted octanol–water partition coefficient (Wildman–Crippen LogP) is 3.88. The van der Waals surface area contributed by atoms with Crippen LogP contribution in [-0.2, 0) is 18.1 Å². The van der Waals surface area contributed by atoms with Crippen LogP contribution in [-0.4, -0.2) is 62.1 Å². The van der Waals surface area contributed by atoms with Gasteiger partial charge in [-0.1, -0.05) is 12.1 Å². The second-order valence-corrected chi connectivity index (χ2v) is 12.3. The summed E-state index contributed by atoms with van der Waals surface area (Å²) in [7, 11) is 0. The average molecular weight is 605 g/mol. The number of para-hydroxylation sites is 1. The van der Waals surface area contributed by atoms with Gasteiger partial charge in [0, 0.05) is 25.6 Å². The molecule has 14 heteroatoms. The number of hydrogen-bond acceptors (Lipinski definition) is 9. The van der Waals surface area contributed by atoms with Crippen molar-refractivity contribution in [3.63, 3.8) is 0 Å². The van der Waals surface area contributed by atoms with Crippen LogP contribution in [0, 0.1) is 11.6 Å². The standard InChI is InChI=1S/C27H27F3N6O3S2/c28-17-5-6-21(14-17)39-26-23(15-31-36(27(26)37)20-12-18(29)11-19(30)13-20)34-7-9-35(10-8-34)41(38)32-16-25-33-22-3-1-2-4-24(22)40-25/h1-4,11-13,15,17,21,32H,5-10,14,16H2. The molecule has 9 nitrogen and oxygen atoms in total. The summed E-state index contributed by atoms with van der Waals surface area (Å²) in [5, 5.41) is 5.01. The maximum absolute atomic E-state index is 13.9. The third-order valence-electron chi connectivity index (χ3n) is 7.11. The molecule has 0 amide bonds. The van der Waals surface area contributed by atoms with Crippen LogP contribution in [0.5, 0.6) is 5.75 Å². The van der Waals surface area contributed by atoms with E-state index >= 15 is 0 Å². The number of benzene rings is 2. The molecule has 2 aromatic carbocycles.